The minimum Gasteiger partial charge on any atom is -0.392 e. The van der Waals surface area contributed by atoms with Crippen molar-refractivity contribution in [2.45, 2.75) is 33.0 Å². The van der Waals surface area contributed by atoms with Crippen LogP contribution in [0, 0.1) is 17.8 Å². The molecule has 0 aromatic heterocycles. The van der Waals surface area contributed by atoms with Crippen LogP contribution in [0.15, 0.2) is 24.3 Å². The molecule has 20 heavy (non-hydrogen) atoms. The van der Waals surface area contributed by atoms with Gasteiger partial charge in [0.05, 0.1) is 12.3 Å². The number of aryl methyl sites for hydroxylation is 1. The van der Waals surface area contributed by atoms with E-state index in [-0.39, 0.29) is 16.9 Å². The molecule has 0 spiro atoms. The molecule has 0 saturated carbocycles. The van der Waals surface area contributed by atoms with Gasteiger partial charge in [0, 0.05) is 37.0 Å². The lowest BCUT2D eigenvalue weighted by atomic mass is 9.60. The minimum absolute atomic E-state index is 0.0333. The molecule has 5 rings (SSSR count). The van der Waals surface area contributed by atoms with Crippen LogP contribution in [-0.4, -0.2) is 47.2 Å². The lowest BCUT2D eigenvalue weighted by Crippen LogP contribution is -2.76. The maximum Gasteiger partial charge on any atom is 0.0887 e. The van der Waals surface area contributed by atoms with Crippen LogP contribution in [-0.2, 0) is 0 Å². The fraction of sp³-hybridized carbons (Fsp3) is 0.647. The SMILES string of the molecule is Cc1cccc(C2N3CC4(C)CN2CC(C)(C3)C4O)c1. The average molecular weight is 272 g/mol. The predicted molar refractivity (Wildman–Crippen MR) is 79.3 cm³/mol. The molecule has 0 amide bonds. The summed E-state index contributed by atoms with van der Waals surface area (Å²) in [6, 6.07) is 8.89. The summed E-state index contributed by atoms with van der Waals surface area (Å²) in [6.07, 6.45) is 0.240. The topological polar surface area (TPSA) is 26.7 Å². The van der Waals surface area contributed by atoms with Crippen molar-refractivity contribution in [3.8, 4) is 0 Å². The zero-order chi connectivity index (χ0) is 14.1. The molecule has 4 bridgehead atoms. The second-order valence-corrected chi connectivity index (χ2v) is 7.81. The van der Waals surface area contributed by atoms with E-state index in [4.69, 9.17) is 0 Å². The van der Waals surface area contributed by atoms with Gasteiger partial charge in [-0.05, 0) is 12.5 Å². The first kappa shape index (κ1) is 12.8. The summed E-state index contributed by atoms with van der Waals surface area (Å²) in [5.74, 6) is 0. The molecule has 0 aliphatic carbocycles. The number of hydrogen-bond acceptors (Lipinski definition) is 3. The molecule has 4 aliphatic rings. The van der Waals surface area contributed by atoms with Crippen LogP contribution in [0.5, 0.6) is 0 Å². The van der Waals surface area contributed by atoms with Crippen molar-refractivity contribution in [2.24, 2.45) is 10.8 Å². The summed E-state index contributed by atoms with van der Waals surface area (Å²) in [5.41, 5.74) is 2.80. The Bertz CT molecular complexity index is 518. The lowest BCUT2D eigenvalue weighted by Gasteiger charge is -2.68. The van der Waals surface area contributed by atoms with Gasteiger partial charge in [-0.15, -0.1) is 0 Å². The van der Waals surface area contributed by atoms with Gasteiger partial charge in [0.2, 0.25) is 0 Å². The zero-order valence-electron chi connectivity index (χ0n) is 12.6. The first-order chi connectivity index (χ1) is 9.41. The van der Waals surface area contributed by atoms with Crippen LogP contribution in [0.3, 0.4) is 0 Å². The third kappa shape index (κ3) is 1.57. The van der Waals surface area contributed by atoms with E-state index in [0.29, 0.717) is 6.17 Å². The Labute approximate surface area is 121 Å². The van der Waals surface area contributed by atoms with Gasteiger partial charge < -0.3 is 5.11 Å². The number of nitrogens with zero attached hydrogens (tertiary/aromatic N) is 2. The number of rotatable bonds is 1. The van der Waals surface area contributed by atoms with Crippen molar-refractivity contribution in [1.82, 2.24) is 9.80 Å². The first-order valence-corrected chi connectivity index (χ1v) is 7.64. The third-order valence-electron chi connectivity index (χ3n) is 5.61. The Morgan fingerprint density at radius 2 is 1.60 bits per heavy atom. The molecule has 3 nitrogen and oxygen atoms in total. The van der Waals surface area contributed by atoms with Crippen molar-refractivity contribution < 1.29 is 5.11 Å². The molecule has 0 radical (unpaired) electrons. The second kappa shape index (κ2) is 3.85. The summed E-state index contributed by atoms with van der Waals surface area (Å²) >= 11 is 0. The quantitative estimate of drug-likeness (QED) is 0.847. The summed E-state index contributed by atoms with van der Waals surface area (Å²) in [6.45, 7) is 10.7. The molecule has 0 atom stereocenters. The zero-order valence-corrected chi connectivity index (χ0v) is 12.6. The highest BCUT2D eigenvalue weighted by Crippen LogP contribution is 2.54. The molecular formula is C17H24N2O. The normalized spacial score (nSPS) is 49.6. The molecule has 1 N–H and O–H groups in total. The van der Waals surface area contributed by atoms with Crippen molar-refractivity contribution in [3.05, 3.63) is 35.4 Å². The second-order valence-electron chi connectivity index (χ2n) is 7.81. The van der Waals surface area contributed by atoms with Crippen molar-refractivity contribution >= 4 is 0 Å². The number of benzene rings is 1. The Morgan fingerprint density at radius 1 is 1.05 bits per heavy atom. The van der Waals surface area contributed by atoms with Gasteiger partial charge >= 0.3 is 0 Å². The van der Waals surface area contributed by atoms with E-state index in [1.54, 1.807) is 0 Å². The van der Waals surface area contributed by atoms with Gasteiger partial charge in [0.1, 0.15) is 0 Å². The van der Waals surface area contributed by atoms with Gasteiger partial charge in [-0.2, -0.15) is 0 Å². The number of hydrogen-bond donors (Lipinski definition) is 1. The van der Waals surface area contributed by atoms with Gasteiger partial charge in [0.25, 0.3) is 0 Å². The van der Waals surface area contributed by atoms with Gasteiger partial charge in [-0.25, -0.2) is 0 Å². The van der Waals surface area contributed by atoms with Crippen LogP contribution in [0.1, 0.15) is 31.1 Å². The molecule has 4 heterocycles. The molecule has 0 unspecified atom stereocenters. The van der Waals surface area contributed by atoms with Crippen LogP contribution in [0.25, 0.3) is 0 Å². The number of aliphatic hydroxyl groups excluding tert-OH is 1. The fourth-order valence-corrected chi connectivity index (χ4v) is 5.08. The lowest BCUT2D eigenvalue weighted by molar-refractivity contribution is -0.253. The van der Waals surface area contributed by atoms with E-state index in [2.05, 4.69) is 54.8 Å². The maximum absolute atomic E-state index is 10.7. The molecule has 1 aromatic carbocycles. The van der Waals surface area contributed by atoms with E-state index < -0.39 is 0 Å². The van der Waals surface area contributed by atoms with E-state index in [9.17, 15) is 5.11 Å². The Morgan fingerprint density at radius 3 is 2.10 bits per heavy atom. The number of aliphatic hydroxyl groups is 1. The molecule has 4 aliphatic heterocycles. The molecule has 3 heteroatoms. The molecular weight excluding hydrogens is 248 g/mol. The third-order valence-corrected chi connectivity index (χ3v) is 5.61. The van der Waals surface area contributed by atoms with Gasteiger partial charge in [-0.1, -0.05) is 43.7 Å². The van der Waals surface area contributed by atoms with Crippen LogP contribution >= 0.6 is 0 Å². The minimum atomic E-state index is -0.166. The summed E-state index contributed by atoms with van der Waals surface area (Å²) in [4.78, 5) is 5.16. The smallest absolute Gasteiger partial charge is 0.0887 e. The Balaban J connectivity index is 1.74. The highest BCUT2D eigenvalue weighted by atomic mass is 16.3. The Kier molecular flexibility index (Phi) is 2.46. The summed E-state index contributed by atoms with van der Waals surface area (Å²) in [7, 11) is 0. The molecule has 108 valence electrons. The summed E-state index contributed by atoms with van der Waals surface area (Å²) in [5, 5.41) is 10.7. The predicted octanol–water partition coefficient (Wildman–Crippen LogP) is 2.01. The van der Waals surface area contributed by atoms with E-state index in [0.717, 1.165) is 26.2 Å². The highest BCUT2D eigenvalue weighted by Gasteiger charge is 2.61. The van der Waals surface area contributed by atoms with E-state index in [1.807, 2.05) is 0 Å². The van der Waals surface area contributed by atoms with Crippen LogP contribution in [0.4, 0.5) is 0 Å². The molecule has 4 saturated heterocycles. The standard InChI is InChI=1S/C17H24N2O/c1-12-5-4-6-13(7-12)14-18-8-16(2)9-19(14)11-17(3,10-18)15(16)20/h4-7,14-15,20H,8-11H2,1-3H3. The van der Waals surface area contributed by atoms with Crippen LogP contribution in [0.2, 0.25) is 0 Å². The van der Waals surface area contributed by atoms with Gasteiger partial charge in [0.15, 0.2) is 0 Å². The maximum atomic E-state index is 10.7. The molecule has 4 fully saturated rings. The van der Waals surface area contributed by atoms with Crippen molar-refractivity contribution in [2.75, 3.05) is 26.2 Å². The first-order valence-electron chi connectivity index (χ1n) is 7.64. The average Bonchev–Trinajstić information content (AvgIpc) is 2.34. The van der Waals surface area contributed by atoms with E-state index >= 15 is 0 Å². The van der Waals surface area contributed by atoms with Gasteiger partial charge in [-0.3, -0.25) is 9.80 Å². The Hall–Kier alpha value is -0.900. The molecule has 1 aromatic rings. The largest absolute Gasteiger partial charge is 0.392 e. The monoisotopic (exact) mass is 272 g/mol. The fourth-order valence-electron chi connectivity index (χ4n) is 5.08. The van der Waals surface area contributed by atoms with E-state index in [1.165, 1.54) is 11.1 Å². The number of piperidine rings is 2. The van der Waals surface area contributed by atoms with Crippen LogP contribution < -0.4 is 0 Å². The van der Waals surface area contributed by atoms with Crippen molar-refractivity contribution in [3.63, 3.8) is 0 Å². The highest BCUT2D eigenvalue weighted by molar-refractivity contribution is 5.28. The summed E-state index contributed by atoms with van der Waals surface area (Å²) < 4.78 is 0. The van der Waals surface area contributed by atoms with Crippen molar-refractivity contribution in [1.29, 1.82) is 0 Å².